The van der Waals surface area contributed by atoms with Crippen molar-refractivity contribution in [3.8, 4) is 17.7 Å². The summed E-state index contributed by atoms with van der Waals surface area (Å²) in [5.74, 6) is -2.32. The number of aromatic nitrogens is 1. The van der Waals surface area contributed by atoms with E-state index in [0.29, 0.717) is 0 Å². The molecule has 0 atom stereocenters. The van der Waals surface area contributed by atoms with Crippen LogP contribution in [0.15, 0.2) is 36.4 Å². The predicted molar refractivity (Wildman–Crippen MR) is 55.4 cm³/mol. The average Bonchev–Trinajstić information content (AvgIpc) is 2.35. The van der Waals surface area contributed by atoms with Gasteiger partial charge < -0.3 is 4.74 Å². The lowest BCUT2D eigenvalue weighted by atomic mass is 10.3. The van der Waals surface area contributed by atoms with Crippen molar-refractivity contribution in [2.45, 2.75) is 0 Å². The van der Waals surface area contributed by atoms with Crippen LogP contribution in [0.25, 0.3) is 0 Å². The van der Waals surface area contributed by atoms with Gasteiger partial charge in [-0.15, -0.1) is 0 Å². The number of nitriles is 1. The summed E-state index contributed by atoms with van der Waals surface area (Å²) in [7, 11) is 0. The third-order valence-corrected chi connectivity index (χ3v) is 1.97. The first kappa shape index (κ1) is 11.0. The molecule has 1 heterocycles. The van der Waals surface area contributed by atoms with Crippen molar-refractivity contribution >= 4 is 0 Å². The number of ether oxygens (including phenoxy) is 1. The summed E-state index contributed by atoms with van der Waals surface area (Å²) in [5, 5.41) is 8.62. The molecule has 0 aliphatic carbocycles. The Labute approximate surface area is 95.9 Å². The number of benzene rings is 1. The Morgan fingerprint density at radius 3 is 2.65 bits per heavy atom. The van der Waals surface area contributed by atoms with Crippen LogP contribution in [0.4, 0.5) is 8.78 Å². The highest BCUT2D eigenvalue weighted by molar-refractivity contribution is 5.31. The molecule has 0 saturated carbocycles. The van der Waals surface area contributed by atoms with Gasteiger partial charge in [-0.1, -0.05) is 12.1 Å². The van der Waals surface area contributed by atoms with E-state index in [1.54, 1.807) is 0 Å². The van der Waals surface area contributed by atoms with Crippen molar-refractivity contribution in [3.05, 3.63) is 53.7 Å². The minimum Gasteiger partial charge on any atom is -0.436 e. The topological polar surface area (TPSA) is 45.9 Å². The van der Waals surface area contributed by atoms with E-state index in [1.165, 1.54) is 30.3 Å². The maximum Gasteiger partial charge on any atom is 0.220 e. The highest BCUT2D eigenvalue weighted by Gasteiger charge is 2.10. The monoisotopic (exact) mass is 232 g/mol. The zero-order chi connectivity index (χ0) is 12.3. The lowest BCUT2D eigenvalue weighted by Crippen LogP contribution is -1.94. The molecule has 0 bridgehead atoms. The molecular weight excluding hydrogens is 226 g/mol. The van der Waals surface area contributed by atoms with E-state index in [-0.39, 0.29) is 17.3 Å². The first-order chi connectivity index (χ1) is 8.20. The predicted octanol–water partition coefficient (Wildman–Crippen LogP) is 3.02. The second kappa shape index (κ2) is 4.58. The van der Waals surface area contributed by atoms with Crippen molar-refractivity contribution in [1.82, 2.24) is 4.98 Å². The van der Waals surface area contributed by atoms with Crippen LogP contribution in [0, 0.1) is 23.0 Å². The molecule has 0 fully saturated rings. The SMILES string of the molecule is N#Cc1cccc(Oc2cccc(F)c2F)n1. The second-order valence-corrected chi connectivity index (χ2v) is 3.13. The quantitative estimate of drug-likeness (QED) is 0.799. The van der Waals surface area contributed by atoms with Crippen LogP contribution < -0.4 is 4.74 Å². The van der Waals surface area contributed by atoms with E-state index in [2.05, 4.69) is 4.98 Å². The van der Waals surface area contributed by atoms with Gasteiger partial charge in [0.1, 0.15) is 11.8 Å². The Kier molecular flexibility index (Phi) is 2.97. The molecule has 2 aromatic rings. The molecule has 0 radical (unpaired) electrons. The average molecular weight is 232 g/mol. The third-order valence-electron chi connectivity index (χ3n) is 1.97. The Bertz CT molecular complexity index is 593. The van der Waals surface area contributed by atoms with Crippen LogP contribution in [0.3, 0.4) is 0 Å². The molecule has 0 aliphatic heterocycles. The van der Waals surface area contributed by atoms with E-state index in [9.17, 15) is 8.78 Å². The van der Waals surface area contributed by atoms with Crippen molar-refractivity contribution in [3.63, 3.8) is 0 Å². The smallest absolute Gasteiger partial charge is 0.220 e. The van der Waals surface area contributed by atoms with Crippen molar-refractivity contribution in [1.29, 1.82) is 5.26 Å². The molecule has 0 N–H and O–H groups in total. The molecule has 0 unspecified atom stereocenters. The first-order valence-electron chi connectivity index (χ1n) is 4.70. The van der Waals surface area contributed by atoms with Gasteiger partial charge in [0, 0.05) is 6.07 Å². The second-order valence-electron chi connectivity index (χ2n) is 3.13. The number of hydrogen-bond donors (Lipinski definition) is 0. The van der Waals surface area contributed by atoms with E-state index >= 15 is 0 Å². The summed E-state index contributed by atoms with van der Waals surface area (Å²) >= 11 is 0. The Hall–Kier alpha value is -2.48. The summed E-state index contributed by atoms with van der Waals surface area (Å²) < 4.78 is 31.2. The molecule has 1 aromatic heterocycles. The number of nitrogens with zero attached hydrogens (tertiary/aromatic N) is 2. The summed E-state index contributed by atoms with van der Waals surface area (Å²) in [6, 6.07) is 9.88. The third kappa shape index (κ3) is 2.37. The minimum absolute atomic E-state index is 0.0357. The molecule has 0 saturated heterocycles. The van der Waals surface area contributed by atoms with Crippen LogP contribution in [-0.2, 0) is 0 Å². The molecular formula is C12H6F2N2O. The Morgan fingerprint density at radius 1 is 1.12 bits per heavy atom. The fraction of sp³-hybridized carbons (Fsp3) is 0. The fourth-order valence-corrected chi connectivity index (χ4v) is 1.21. The number of pyridine rings is 1. The largest absolute Gasteiger partial charge is 0.436 e. The maximum atomic E-state index is 13.3. The molecule has 5 heteroatoms. The highest BCUT2D eigenvalue weighted by atomic mass is 19.2. The maximum absolute atomic E-state index is 13.3. The van der Waals surface area contributed by atoms with Crippen LogP contribution in [0.5, 0.6) is 11.6 Å². The minimum atomic E-state index is -1.09. The molecule has 3 nitrogen and oxygen atoms in total. The van der Waals surface area contributed by atoms with E-state index in [4.69, 9.17) is 10.00 Å². The summed E-state index contributed by atoms with van der Waals surface area (Å²) in [4.78, 5) is 3.78. The van der Waals surface area contributed by atoms with Gasteiger partial charge in [-0.05, 0) is 18.2 Å². The van der Waals surface area contributed by atoms with Gasteiger partial charge in [0.25, 0.3) is 0 Å². The number of hydrogen-bond acceptors (Lipinski definition) is 3. The standard InChI is InChI=1S/C12H6F2N2O/c13-9-4-2-5-10(12(9)14)17-11-6-1-3-8(7-15)16-11/h1-6H. The van der Waals surface area contributed by atoms with E-state index < -0.39 is 11.6 Å². The normalized spacial score (nSPS) is 9.71. The van der Waals surface area contributed by atoms with Gasteiger partial charge in [-0.2, -0.15) is 9.65 Å². The molecule has 0 aliphatic rings. The van der Waals surface area contributed by atoms with Gasteiger partial charge in [-0.3, -0.25) is 0 Å². The molecule has 2 rings (SSSR count). The summed E-state index contributed by atoms with van der Waals surface area (Å²) in [6.07, 6.45) is 0. The van der Waals surface area contributed by atoms with Gasteiger partial charge in [0.15, 0.2) is 11.6 Å². The zero-order valence-corrected chi connectivity index (χ0v) is 8.52. The lowest BCUT2D eigenvalue weighted by molar-refractivity contribution is 0.405. The van der Waals surface area contributed by atoms with Crippen LogP contribution >= 0.6 is 0 Å². The zero-order valence-electron chi connectivity index (χ0n) is 8.52. The molecule has 84 valence electrons. The Morgan fingerprint density at radius 2 is 1.88 bits per heavy atom. The number of rotatable bonds is 2. The van der Waals surface area contributed by atoms with Crippen LogP contribution in [0.1, 0.15) is 5.69 Å². The van der Waals surface area contributed by atoms with E-state index in [0.717, 1.165) is 6.07 Å². The first-order valence-corrected chi connectivity index (χ1v) is 4.70. The van der Waals surface area contributed by atoms with Gasteiger partial charge >= 0.3 is 0 Å². The lowest BCUT2D eigenvalue weighted by Gasteiger charge is -2.05. The molecule has 0 amide bonds. The molecule has 0 spiro atoms. The van der Waals surface area contributed by atoms with E-state index in [1.807, 2.05) is 6.07 Å². The Balaban J connectivity index is 2.32. The molecule has 17 heavy (non-hydrogen) atoms. The van der Waals surface area contributed by atoms with Crippen LogP contribution in [-0.4, -0.2) is 4.98 Å². The highest BCUT2D eigenvalue weighted by Crippen LogP contribution is 2.24. The van der Waals surface area contributed by atoms with Gasteiger partial charge in [0.2, 0.25) is 11.7 Å². The van der Waals surface area contributed by atoms with Crippen LogP contribution in [0.2, 0.25) is 0 Å². The van der Waals surface area contributed by atoms with Crippen molar-refractivity contribution in [2.75, 3.05) is 0 Å². The fourth-order valence-electron chi connectivity index (χ4n) is 1.21. The van der Waals surface area contributed by atoms with Gasteiger partial charge in [-0.25, -0.2) is 9.37 Å². The van der Waals surface area contributed by atoms with Gasteiger partial charge in [0.05, 0.1) is 0 Å². The molecule has 1 aromatic carbocycles. The summed E-state index contributed by atoms with van der Waals surface area (Å²) in [5.41, 5.74) is 0.138. The summed E-state index contributed by atoms with van der Waals surface area (Å²) in [6.45, 7) is 0. The van der Waals surface area contributed by atoms with Crippen molar-refractivity contribution in [2.24, 2.45) is 0 Å². The van der Waals surface area contributed by atoms with Crippen molar-refractivity contribution < 1.29 is 13.5 Å². The number of halogens is 2.